The fraction of sp³-hybridized carbons (Fsp3) is 0.617. The van der Waals surface area contributed by atoms with E-state index >= 15 is 0 Å². The molecule has 0 aromatic heterocycles. The summed E-state index contributed by atoms with van der Waals surface area (Å²) in [5.74, 6) is -0.851. The minimum Gasteiger partial charge on any atom is -0.466 e. The van der Waals surface area contributed by atoms with E-state index in [1.165, 1.54) is 11.1 Å². The first-order valence-electron chi connectivity index (χ1n) is 21.2. The Bertz CT molecular complexity index is 1740. The third-order valence-electron chi connectivity index (χ3n) is 14.2. The highest BCUT2D eigenvalue weighted by atomic mass is 16.7. The molecule has 3 saturated carbocycles. The quantitative estimate of drug-likeness (QED) is 0.0872. The van der Waals surface area contributed by atoms with Gasteiger partial charge in [-0.05, 0) is 113 Å². The highest BCUT2D eigenvalue weighted by molar-refractivity contribution is 5.92. The number of hydrogen-bond donors (Lipinski definition) is 3. The van der Waals surface area contributed by atoms with E-state index in [2.05, 4.69) is 13.0 Å². The Labute approximate surface area is 337 Å². The average Bonchev–Trinajstić information content (AvgIpc) is 3.63. The van der Waals surface area contributed by atoms with Crippen LogP contribution in [0.2, 0.25) is 0 Å². The van der Waals surface area contributed by atoms with Crippen molar-refractivity contribution in [2.75, 3.05) is 13.2 Å². The highest BCUT2D eigenvalue weighted by Gasteiger charge is 2.64. The molecule has 5 aliphatic carbocycles. The average molecular weight is 787 g/mol. The van der Waals surface area contributed by atoms with E-state index in [1.54, 1.807) is 13.0 Å². The second-order valence-electron chi connectivity index (χ2n) is 17.4. The number of hydrogen-bond acceptors (Lipinski definition) is 10. The molecular formula is C47H62O10. The number of aryl methyl sites for hydroxylation is 1. The SMILES string of the molecule is CCOC(=O)CCC/C=C\C[C@H]1[C@H](/C=C/[C@@H](CCc2ccccc2)OC(=O)OCC(=O)[C@@]2(O)CC[C@H]3[C@@H]4CCC5=CC(=O)CCC5(C)C4=CCC32C)[C@@H](O)C[C@H]1O. The summed E-state index contributed by atoms with van der Waals surface area (Å²) < 4.78 is 16.2. The number of rotatable bonds is 16. The van der Waals surface area contributed by atoms with E-state index in [0.717, 1.165) is 24.8 Å². The summed E-state index contributed by atoms with van der Waals surface area (Å²) in [6.07, 6.45) is 16.4. The number of esters is 1. The number of ketones is 2. The van der Waals surface area contributed by atoms with Crippen molar-refractivity contribution < 1.29 is 48.7 Å². The van der Waals surface area contributed by atoms with Crippen LogP contribution in [-0.2, 0) is 35.0 Å². The van der Waals surface area contributed by atoms with Gasteiger partial charge in [0.1, 0.15) is 11.7 Å². The molecule has 0 bridgehead atoms. The maximum atomic E-state index is 13.9. The summed E-state index contributed by atoms with van der Waals surface area (Å²) >= 11 is 0. The Morgan fingerprint density at radius 1 is 1.00 bits per heavy atom. The van der Waals surface area contributed by atoms with Crippen molar-refractivity contribution >= 4 is 23.7 Å². The Balaban J connectivity index is 1.08. The number of fused-ring (bicyclic) bond motifs is 5. The molecule has 0 saturated heterocycles. The van der Waals surface area contributed by atoms with Crippen LogP contribution in [0.4, 0.5) is 4.79 Å². The second kappa shape index (κ2) is 18.4. The first-order valence-corrected chi connectivity index (χ1v) is 21.2. The van der Waals surface area contributed by atoms with E-state index in [4.69, 9.17) is 14.2 Å². The first-order chi connectivity index (χ1) is 27.3. The summed E-state index contributed by atoms with van der Waals surface area (Å²) in [7, 11) is 0. The molecule has 1 aromatic rings. The van der Waals surface area contributed by atoms with E-state index in [-0.39, 0.29) is 47.3 Å². The van der Waals surface area contributed by atoms with Crippen LogP contribution in [0.15, 0.2) is 77.9 Å². The molecule has 5 aliphatic rings. The number of allylic oxidation sites excluding steroid dienone is 6. The smallest absolute Gasteiger partial charge is 0.466 e. The third kappa shape index (κ3) is 9.23. The number of carbonyl (C=O) groups excluding carboxylic acids is 4. The molecule has 2 unspecified atom stereocenters. The van der Waals surface area contributed by atoms with Gasteiger partial charge < -0.3 is 29.5 Å². The molecule has 3 fully saturated rings. The van der Waals surface area contributed by atoms with Crippen molar-refractivity contribution in [2.24, 2.45) is 34.5 Å². The number of aliphatic hydroxyl groups is 3. The van der Waals surface area contributed by atoms with Crippen molar-refractivity contribution in [2.45, 2.75) is 135 Å². The predicted octanol–water partition coefficient (Wildman–Crippen LogP) is 7.49. The maximum absolute atomic E-state index is 13.9. The molecule has 0 heterocycles. The first kappa shape index (κ1) is 42.7. The fourth-order valence-electron chi connectivity index (χ4n) is 10.8. The van der Waals surface area contributed by atoms with Gasteiger partial charge in [-0.2, -0.15) is 0 Å². The summed E-state index contributed by atoms with van der Waals surface area (Å²) in [6, 6.07) is 9.79. The van der Waals surface area contributed by atoms with Gasteiger partial charge in [0.2, 0.25) is 5.78 Å². The number of Topliss-reactive ketones (excluding diaryl/α,β-unsaturated/α-hetero) is 1. The Kier molecular flexibility index (Phi) is 13.8. The molecule has 10 atom stereocenters. The molecule has 1 aromatic carbocycles. The minimum absolute atomic E-state index is 0.0991. The number of benzene rings is 1. The van der Waals surface area contributed by atoms with Crippen LogP contribution >= 0.6 is 0 Å². The van der Waals surface area contributed by atoms with Gasteiger partial charge in [0.25, 0.3) is 0 Å². The summed E-state index contributed by atoms with van der Waals surface area (Å²) in [5, 5.41) is 33.8. The molecular weight excluding hydrogens is 725 g/mol. The molecule has 6 rings (SSSR count). The van der Waals surface area contributed by atoms with Crippen LogP contribution in [0, 0.1) is 34.5 Å². The zero-order valence-electron chi connectivity index (χ0n) is 33.9. The fourth-order valence-corrected chi connectivity index (χ4v) is 10.8. The lowest BCUT2D eigenvalue weighted by molar-refractivity contribution is -0.156. The van der Waals surface area contributed by atoms with Crippen LogP contribution in [0.3, 0.4) is 0 Å². The second-order valence-corrected chi connectivity index (χ2v) is 17.4. The molecule has 3 N–H and O–H groups in total. The highest BCUT2D eigenvalue weighted by Crippen LogP contribution is 2.65. The normalized spacial score (nSPS) is 33.9. The molecule has 0 aliphatic heterocycles. The Morgan fingerprint density at radius 3 is 2.56 bits per heavy atom. The standard InChI is InChI=1S/C47H62O10/c1-4-55-43(52)15-11-6-5-10-14-35-36(41(50)29-40(35)49)21-19-34(18-16-31-12-8-7-9-13-31)57-44(53)56-30-42(51)47(54)27-24-39-37-20-17-32-28-33(48)22-25-45(32,2)38(37)23-26-46(39,47)3/h5,7-10,12-13,19,21,23,28,34-37,39-41,49-50,54H,4,6,11,14-18,20,22,24-27,29-30H2,1-3H3/b10-5-,21-19+/t34-,35+,36+,37-,39+,40-,41+,45?,46?,47+/m1/s1. The van der Waals surface area contributed by atoms with Crippen molar-refractivity contribution in [3.05, 3.63) is 83.5 Å². The van der Waals surface area contributed by atoms with Crippen LogP contribution < -0.4 is 0 Å². The van der Waals surface area contributed by atoms with E-state index in [1.807, 2.05) is 61.6 Å². The number of carbonyl (C=O) groups is 4. The van der Waals surface area contributed by atoms with Crippen molar-refractivity contribution in [3.63, 3.8) is 0 Å². The lowest BCUT2D eigenvalue weighted by Gasteiger charge is -2.54. The van der Waals surface area contributed by atoms with Gasteiger partial charge in [-0.1, -0.05) is 79.6 Å². The largest absolute Gasteiger partial charge is 0.509 e. The molecule has 0 amide bonds. The van der Waals surface area contributed by atoms with E-state index in [0.29, 0.717) is 70.8 Å². The minimum atomic E-state index is -1.66. The molecule has 0 radical (unpaired) electrons. The Morgan fingerprint density at radius 2 is 1.79 bits per heavy atom. The lowest BCUT2D eigenvalue weighted by atomic mass is 9.50. The molecule has 10 nitrogen and oxygen atoms in total. The zero-order chi connectivity index (χ0) is 40.8. The summed E-state index contributed by atoms with van der Waals surface area (Å²) in [4.78, 5) is 51.0. The van der Waals surface area contributed by atoms with Gasteiger partial charge in [-0.15, -0.1) is 0 Å². The van der Waals surface area contributed by atoms with Gasteiger partial charge >= 0.3 is 12.1 Å². The third-order valence-corrected chi connectivity index (χ3v) is 14.2. The van der Waals surface area contributed by atoms with E-state index < -0.39 is 47.9 Å². The van der Waals surface area contributed by atoms with Crippen molar-refractivity contribution in [3.8, 4) is 0 Å². The number of ether oxygens (including phenoxy) is 3. The summed E-state index contributed by atoms with van der Waals surface area (Å²) in [5.41, 5.74) is 1.10. The topological polar surface area (TPSA) is 157 Å². The van der Waals surface area contributed by atoms with Gasteiger partial charge in [-0.3, -0.25) is 14.4 Å². The maximum Gasteiger partial charge on any atom is 0.509 e. The van der Waals surface area contributed by atoms with Crippen LogP contribution in [0.1, 0.15) is 110 Å². The van der Waals surface area contributed by atoms with E-state index in [9.17, 15) is 34.5 Å². The number of unbranched alkanes of at least 4 members (excludes halogenated alkanes) is 1. The Hall–Kier alpha value is -3.86. The van der Waals surface area contributed by atoms with Crippen molar-refractivity contribution in [1.82, 2.24) is 0 Å². The van der Waals surface area contributed by atoms with Crippen LogP contribution in [0.25, 0.3) is 0 Å². The van der Waals surface area contributed by atoms with Crippen molar-refractivity contribution in [1.29, 1.82) is 0 Å². The summed E-state index contributed by atoms with van der Waals surface area (Å²) in [6.45, 7) is 5.78. The lowest BCUT2D eigenvalue weighted by Crippen LogP contribution is -2.55. The molecule has 57 heavy (non-hydrogen) atoms. The number of aliphatic hydroxyl groups excluding tert-OH is 2. The van der Waals surface area contributed by atoms with Gasteiger partial charge in [-0.25, -0.2) is 4.79 Å². The van der Waals surface area contributed by atoms with Gasteiger partial charge in [0, 0.05) is 36.0 Å². The predicted molar refractivity (Wildman–Crippen MR) is 215 cm³/mol. The monoisotopic (exact) mass is 786 g/mol. The molecule has 310 valence electrons. The van der Waals surface area contributed by atoms with Crippen LogP contribution in [-0.4, -0.2) is 76.1 Å². The molecule has 0 spiro atoms. The van der Waals surface area contributed by atoms with Crippen LogP contribution in [0.5, 0.6) is 0 Å². The zero-order valence-corrected chi connectivity index (χ0v) is 33.9. The molecule has 10 heteroatoms. The van der Waals surface area contributed by atoms with Gasteiger partial charge in [0.05, 0.1) is 18.8 Å². The van der Waals surface area contributed by atoms with Gasteiger partial charge in [0.15, 0.2) is 12.4 Å².